The third-order valence-corrected chi connectivity index (χ3v) is 5.04. The van der Waals surface area contributed by atoms with Gasteiger partial charge in [-0.15, -0.1) is 11.3 Å². The number of nitrogens with zero attached hydrogens (tertiary/aromatic N) is 1. The van der Waals surface area contributed by atoms with Crippen molar-refractivity contribution in [2.75, 3.05) is 13.1 Å². The molecular formula is C14H22N2S. The minimum absolute atomic E-state index is 0.628. The summed E-state index contributed by atoms with van der Waals surface area (Å²) in [7, 11) is 0. The van der Waals surface area contributed by atoms with Gasteiger partial charge in [-0.1, -0.05) is 0 Å². The molecule has 0 radical (unpaired) electrons. The topological polar surface area (TPSA) is 15.3 Å². The Bertz CT molecular complexity index is 377. The van der Waals surface area contributed by atoms with Crippen LogP contribution in [0.2, 0.25) is 0 Å². The van der Waals surface area contributed by atoms with E-state index in [1.54, 1.807) is 10.4 Å². The first kappa shape index (κ1) is 11.7. The maximum Gasteiger partial charge on any atom is 0.0360 e. The summed E-state index contributed by atoms with van der Waals surface area (Å²) in [6, 6.07) is 4.31. The maximum absolute atomic E-state index is 3.63. The quantitative estimate of drug-likeness (QED) is 0.824. The zero-order chi connectivity index (χ0) is 11.8. The Morgan fingerprint density at radius 3 is 2.82 bits per heavy atom. The SMILES string of the molecule is CC1CN(C2CCCc3sccc32)CC(C)N1. The van der Waals surface area contributed by atoms with E-state index in [0.29, 0.717) is 18.1 Å². The molecule has 1 saturated heterocycles. The summed E-state index contributed by atoms with van der Waals surface area (Å²) in [6.07, 6.45) is 4.02. The first-order chi connectivity index (χ1) is 8.24. The van der Waals surface area contributed by atoms with E-state index in [1.165, 1.54) is 32.4 Å². The fourth-order valence-electron chi connectivity index (χ4n) is 3.47. The van der Waals surface area contributed by atoms with Crippen molar-refractivity contribution in [3.05, 3.63) is 21.9 Å². The van der Waals surface area contributed by atoms with Gasteiger partial charge < -0.3 is 5.32 Å². The number of thiophene rings is 1. The van der Waals surface area contributed by atoms with Crippen molar-refractivity contribution in [3.63, 3.8) is 0 Å². The predicted molar refractivity (Wildman–Crippen MR) is 73.6 cm³/mol. The lowest BCUT2D eigenvalue weighted by molar-refractivity contribution is 0.112. The van der Waals surface area contributed by atoms with E-state index < -0.39 is 0 Å². The van der Waals surface area contributed by atoms with E-state index in [4.69, 9.17) is 0 Å². The van der Waals surface area contributed by atoms with Gasteiger partial charge in [0, 0.05) is 36.1 Å². The van der Waals surface area contributed by atoms with Crippen molar-refractivity contribution >= 4 is 11.3 Å². The van der Waals surface area contributed by atoms with Crippen LogP contribution < -0.4 is 5.32 Å². The van der Waals surface area contributed by atoms with Crippen molar-refractivity contribution in [3.8, 4) is 0 Å². The Morgan fingerprint density at radius 2 is 2.06 bits per heavy atom. The Kier molecular flexibility index (Phi) is 3.24. The monoisotopic (exact) mass is 250 g/mol. The number of piperazine rings is 1. The highest BCUT2D eigenvalue weighted by Gasteiger charge is 2.31. The Morgan fingerprint density at radius 1 is 1.29 bits per heavy atom. The molecule has 2 nitrogen and oxygen atoms in total. The fourth-order valence-corrected chi connectivity index (χ4v) is 4.45. The highest BCUT2D eigenvalue weighted by atomic mass is 32.1. The molecule has 1 N–H and O–H groups in total. The van der Waals surface area contributed by atoms with Crippen LogP contribution in [0, 0.1) is 0 Å². The molecule has 3 rings (SSSR count). The standard InChI is InChI=1S/C14H22N2S/c1-10-8-16(9-11(2)15-10)13-4-3-5-14-12(13)6-7-17-14/h6-7,10-11,13,15H,3-5,8-9H2,1-2H3. The number of hydrogen-bond acceptors (Lipinski definition) is 3. The largest absolute Gasteiger partial charge is 0.309 e. The Hall–Kier alpha value is -0.380. The highest BCUT2D eigenvalue weighted by molar-refractivity contribution is 7.10. The molecular weight excluding hydrogens is 228 g/mol. The van der Waals surface area contributed by atoms with Gasteiger partial charge in [0.05, 0.1) is 0 Å². The minimum atomic E-state index is 0.628. The fraction of sp³-hybridized carbons (Fsp3) is 0.714. The van der Waals surface area contributed by atoms with E-state index in [-0.39, 0.29) is 0 Å². The maximum atomic E-state index is 3.63. The van der Waals surface area contributed by atoms with Gasteiger partial charge in [-0.2, -0.15) is 0 Å². The third kappa shape index (κ3) is 2.28. The van der Waals surface area contributed by atoms with Crippen LogP contribution in [0.1, 0.15) is 43.2 Å². The Labute approximate surface area is 108 Å². The van der Waals surface area contributed by atoms with Crippen LogP contribution in [-0.2, 0) is 6.42 Å². The zero-order valence-corrected chi connectivity index (χ0v) is 11.6. The second-order valence-electron chi connectivity index (χ2n) is 5.63. The predicted octanol–water partition coefficient (Wildman–Crippen LogP) is 2.81. The molecule has 1 aliphatic heterocycles. The lowest BCUT2D eigenvalue weighted by Crippen LogP contribution is -2.55. The van der Waals surface area contributed by atoms with Gasteiger partial charge in [0.15, 0.2) is 0 Å². The number of aryl methyl sites for hydroxylation is 1. The lowest BCUT2D eigenvalue weighted by atomic mass is 9.91. The van der Waals surface area contributed by atoms with Crippen LogP contribution in [0.25, 0.3) is 0 Å². The smallest absolute Gasteiger partial charge is 0.0360 e. The van der Waals surface area contributed by atoms with Gasteiger partial charge in [-0.05, 0) is 50.1 Å². The van der Waals surface area contributed by atoms with Crippen molar-refractivity contribution in [2.24, 2.45) is 0 Å². The van der Waals surface area contributed by atoms with Crippen LogP contribution in [-0.4, -0.2) is 30.1 Å². The van der Waals surface area contributed by atoms with Crippen molar-refractivity contribution in [1.82, 2.24) is 10.2 Å². The summed E-state index contributed by atoms with van der Waals surface area (Å²) in [4.78, 5) is 4.34. The first-order valence-electron chi connectivity index (χ1n) is 6.80. The molecule has 1 fully saturated rings. The zero-order valence-electron chi connectivity index (χ0n) is 10.8. The first-order valence-corrected chi connectivity index (χ1v) is 7.68. The van der Waals surface area contributed by atoms with Gasteiger partial charge >= 0.3 is 0 Å². The molecule has 1 aromatic heterocycles. The summed E-state index contributed by atoms with van der Waals surface area (Å²) >= 11 is 1.95. The molecule has 3 atom stereocenters. The van der Waals surface area contributed by atoms with Gasteiger partial charge in [0.1, 0.15) is 0 Å². The second kappa shape index (κ2) is 4.71. The van der Waals surface area contributed by atoms with Crippen LogP contribution in [0.3, 0.4) is 0 Å². The molecule has 3 heteroatoms. The summed E-state index contributed by atoms with van der Waals surface area (Å²) in [5.41, 5.74) is 1.63. The molecule has 0 bridgehead atoms. The van der Waals surface area contributed by atoms with E-state index in [2.05, 4.69) is 35.5 Å². The van der Waals surface area contributed by atoms with Gasteiger partial charge in [0.25, 0.3) is 0 Å². The summed E-state index contributed by atoms with van der Waals surface area (Å²) in [6.45, 7) is 7.01. The summed E-state index contributed by atoms with van der Waals surface area (Å²) in [5, 5.41) is 5.90. The van der Waals surface area contributed by atoms with E-state index >= 15 is 0 Å². The number of hydrogen-bond donors (Lipinski definition) is 1. The van der Waals surface area contributed by atoms with Crippen LogP contribution in [0.15, 0.2) is 11.4 Å². The summed E-state index contributed by atoms with van der Waals surface area (Å²) in [5.74, 6) is 0. The average Bonchev–Trinajstić information content (AvgIpc) is 2.75. The number of nitrogens with one attached hydrogen (secondary N) is 1. The van der Waals surface area contributed by atoms with Crippen molar-refractivity contribution < 1.29 is 0 Å². The normalized spacial score (nSPS) is 34.6. The van der Waals surface area contributed by atoms with Crippen LogP contribution >= 0.6 is 11.3 Å². The molecule has 0 amide bonds. The highest BCUT2D eigenvalue weighted by Crippen LogP contribution is 2.37. The molecule has 1 aromatic rings. The number of rotatable bonds is 1. The van der Waals surface area contributed by atoms with Crippen molar-refractivity contribution in [1.29, 1.82) is 0 Å². The molecule has 0 spiro atoms. The third-order valence-electron chi connectivity index (χ3n) is 4.05. The second-order valence-corrected chi connectivity index (χ2v) is 6.63. The van der Waals surface area contributed by atoms with Gasteiger partial charge in [0.2, 0.25) is 0 Å². The lowest BCUT2D eigenvalue weighted by Gasteiger charge is -2.42. The molecule has 2 aliphatic rings. The van der Waals surface area contributed by atoms with Crippen molar-refractivity contribution in [2.45, 2.75) is 51.2 Å². The van der Waals surface area contributed by atoms with Crippen LogP contribution in [0.5, 0.6) is 0 Å². The average molecular weight is 250 g/mol. The molecule has 0 saturated carbocycles. The molecule has 2 heterocycles. The van der Waals surface area contributed by atoms with Gasteiger partial charge in [-0.25, -0.2) is 0 Å². The minimum Gasteiger partial charge on any atom is -0.309 e. The molecule has 1 aliphatic carbocycles. The van der Waals surface area contributed by atoms with Gasteiger partial charge in [-0.3, -0.25) is 4.90 Å². The molecule has 94 valence electrons. The number of fused-ring (bicyclic) bond motifs is 1. The van der Waals surface area contributed by atoms with Crippen LogP contribution in [0.4, 0.5) is 0 Å². The summed E-state index contributed by atoms with van der Waals surface area (Å²) < 4.78 is 0. The molecule has 0 aromatic carbocycles. The molecule has 3 unspecified atom stereocenters. The molecule has 17 heavy (non-hydrogen) atoms. The Balaban J connectivity index is 1.81. The van der Waals surface area contributed by atoms with E-state index in [9.17, 15) is 0 Å². The van der Waals surface area contributed by atoms with E-state index in [1.807, 2.05) is 11.3 Å². The van der Waals surface area contributed by atoms with E-state index in [0.717, 1.165) is 0 Å².